The standard InChI is InChI=1S/C17H28N2O/c1-2-14-20-17-8-6-16(7-9-17)15-18-10-5-13-19-11-3-4-12-19/h6-9,18H,2-5,10-15H2,1H3. The lowest BCUT2D eigenvalue weighted by Gasteiger charge is -2.14. The van der Waals surface area contributed by atoms with Crippen molar-refractivity contribution in [2.75, 3.05) is 32.8 Å². The van der Waals surface area contributed by atoms with Crippen LogP contribution in [0.5, 0.6) is 5.75 Å². The average molecular weight is 276 g/mol. The Bertz CT molecular complexity index is 358. The van der Waals surface area contributed by atoms with Crippen LogP contribution in [0.25, 0.3) is 0 Å². The van der Waals surface area contributed by atoms with Gasteiger partial charge in [0.2, 0.25) is 0 Å². The lowest BCUT2D eigenvalue weighted by Crippen LogP contribution is -2.24. The molecular weight excluding hydrogens is 248 g/mol. The average Bonchev–Trinajstić information content (AvgIpc) is 2.99. The Hall–Kier alpha value is -1.06. The molecule has 2 rings (SSSR count). The molecule has 1 aliphatic heterocycles. The minimum Gasteiger partial charge on any atom is -0.494 e. The maximum absolute atomic E-state index is 5.58. The van der Waals surface area contributed by atoms with Crippen LogP contribution in [0, 0.1) is 0 Å². The molecule has 3 heteroatoms. The van der Waals surface area contributed by atoms with Crippen LogP contribution in [0.15, 0.2) is 24.3 Å². The second-order valence-corrected chi connectivity index (χ2v) is 5.57. The van der Waals surface area contributed by atoms with Crippen LogP contribution in [0.2, 0.25) is 0 Å². The quantitative estimate of drug-likeness (QED) is 0.702. The van der Waals surface area contributed by atoms with Gasteiger partial charge in [-0.05, 0) is 69.6 Å². The molecule has 3 nitrogen and oxygen atoms in total. The summed E-state index contributed by atoms with van der Waals surface area (Å²) in [7, 11) is 0. The van der Waals surface area contributed by atoms with Crippen LogP contribution in [-0.2, 0) is 6.54 Å². The Morgan fingerprint density at radius 3 is 2.60 bits per heavy atom. The number of ether oxygens (including phenoxy) is 1. The van der Waals surface area contributed by atoms with Crippen LogP contribution < -0.4 is 10.1 Å². The molecule has 1 heterocycles. The molecule has 0 radical (unpaired) electrons. The van der Waals surface area contributed by atoms with Crippen molar-refractivity contribution in [1.29, 1.82) is 0 Å². The molecule has 0 spiro atoms. The van der Waals surface area contributed by atoms with Gasteiger partial charge in [0, 0.05) is 6.54 Å². The molecule has 1 aromatic carbocycles. The van der Waals surface area contributed by atoms with Gasteiger partial charge in [0.15, 0.2) is 0 Å². The lowest BCUT2D eigenvalue weighted by atomic mass is 10.2. The predicted molar refractivity (Wildman–Crippen MR) is 84.2 cm³/mol. The van der Waals surface area contributed by atoms with Crippen LogP contribution in [0.3, 0.4) is 0 Å². The molecule has 1 saturated heterocycles. The van der Waals surface area contributed by atoms with E-state index in [2.05, 4.69) is 41.4 Å². The Morgan fingerprint density at radius 2 is 1.90 bits per heavy atom. The summed E-state index contributed by atoms with van der Waals surface area (Å²) in [5.74, 6) is 0.977. The Labute approximate surface area is 123 Å². The van der Waals surface area contributed by atoms with Crippen molar-refractivity contribution in [2.24, 2.45) is 0 Å². The summed E-state index contributed by atoms with van der Waals surface area (Å²) in [4.78, 5) is 2.57. The van der Waals surface area contributed by atoms with Crippen molar-refractivity contribution in [3.8, 4) is 5.75 Å². The van der Waals surface area contributed by atoms with E-state index in [1.54, 1.807) is 0 Å². The fourth-order valence-corrected chi connectivity index (χ4v) is 2.59. The summed E-state index contributed by atoms with van der Waals surface area (Å²) in [6.07, 6.45) is 5.08. The number of benzene rings is 1. The molecule has 1 aromatic rings. The topological polar surface area (TPSA) is 24.5 Å². The molecule has 0 bridgehead atoms. The third kappa shape index (κ3) is 5.51. The second kappa shape index (κ2) is 8.98. The first kappa shape index (κ1) is 15.3. The molecule has 0 unspecified atom stereocenters. The van der Waals surface area contributed by atoms with Gasteiger partial charge in [-0.2, -0.15) is 0 Å². The van der Waals surface area contributed by atoms with Crippen LogP contribution in [0.1, 0.15) is 38.2 Å². The molecule has 0 atom stereocenters. The van der Waals surface area contributed by atoms with Crippen LogP contribution >= 0.6 is 0 Å². The maximum atomic E-state index is 5.58. The molecule has 0 amide bonds. The third-order valence-electron chi connectivity index (χ3n) is 3.75. The van der Waals surface area contributed by atoms with Gasteiger partial charge in [-0.25, -0.2) is 0 Å². The molecule has 1 aliphatic rings. The van der Waals surface area contributed by atoms with E-state index in [9.17, 15) is 0 Å². The maximum Gasteiger partial charge on any atom is 0.119 e. The van der Waals surface area contributed by atoms with Gasteiger partial charge >= 0.3 is 0 Å². The highest BCUT2D eigenvalue weighted by Gasteiger charge is 2.09. The summed E-state index contributed by atoms with van der Waals surface area (Å²) < 4.78 is 5.58. The summed E-state index contributed by atoms with van der Waals surface area (Å²) in [5.41, 5.74) is 1.33. The van der Waals surface area contributed by atoms with Crippen LogP contribution in [0.4, 0.5) is 0 Å². The minimum atomic E-state index is 0.800. The molecule has 112 valence electrons. The molecule has 0 aliphatic carbocycles. The Kier molecular flexibility index (Phi) is 6.89. The number of hydrogen-bond donors (Lipinski definition) is 1. The van der Waals surface area contributed by atoms with E-state index >= 15 is 0 Å². The van der Waals surface area contributed by atoms with Gasteiger partial charge in [0.05, 0.1) is 6.61 Å². The Balaban J connectivity index is 1.56. The molecule has 20 heavy (non-hydrogen) atoms. The van der Waals surface area contributed by atoms with Gasteiger partial charge in [0.25, 0.3) is 0 Å². The van der Waals surface area contributed by atoms with Gasteiger partial charge in [-0.1, -0.05) is 19.1 Å². The van der Waals surface area contributed by atoms with E-state index in [0.29, 0.717) is 0 Å². The highest BCUT2D eigenvalue weighted by Crippen LogP contribution is 2.12. The minimum absolute atomic E-state index is 0.800. The van der Waals surface area contributed by atoms with E-state index in [1.165, 1.54) is 44.5 Å². The fourth-order valence-electron chi connectivity index (χ4n) is 2.59. The molecule has 1 N–H and O–H groups in total. The van der Waals surface area contributed by atoms with E-state index < -0.39 is 0 Å². The molecule has 0 aromatic heterocycles. The monoisotopic (exact) mass is 276 g/mol. The Morgan fingerprint density at radius 1 is 1.15 bits per heavy atom. The summed E-state index contributed by atoms with van der Waals surface area (Å²) in [6, 6.07) is 8.44. The lowest BCUT2D eigenvalue weighted by molar-refractivity contribution is 0.317. The van der Waals surface area contributed by atoms with Crippen molar-refractivity contribution in [3.05, 3.63) is 29.8 Å². The van der Waals surface area contributed by atoms with E-state index in [-0.39, 0.29) is 0 Å². The third-order valence-corrected chi connectivity index (χ3v) is 3.75. The summed E-state index contributed by atoms with van der Waals surface area (Å²) in [6.45, 7) is 8.84. The number of nitrogens with one attached hydrogen (secondary N) is 1. The number of rotatable bonds is 9. The SMILES string of the molecule is CCCOc1ccc(CNCCCN2CCCC2)cc1. The van der Waals surface area contributed by atoms with Crippen molar-refractivity contribution in [1.82, 2.24) is 10.2 Å². The van der Waals surface area contributed by atoms with Crippen LogP contribution in [-0.4, -0.2) is 37.7 Å². The highest BCUT2D eigenvalue weighted by atomic mass is 16.5. The van der Waals surface area contributed by atoms with Gasteiger partial charge < -0.3 is 15.0 Å². The molecule has 1 fully saturated rings. The van der Waals surface area contributed by atoms with E-state index in [4.69, 9.17) is 4.74 Å². The van der Waals surface area contributed by atoms with Crippen molar-refractivity contribution < 1.29 is 4.74 Å². The van der Waals surface area contributed by atoms with Gasteiger partial charge in [0.1, 0.15) is 5.75 Å². The first-order valence-electron chi connectivity index (χ1n) is 8.03. The van der Waals surface area contributed by atoms with E-state index in [0.717, 1.165) is 31.9 Å². The largest absolute Gasteiger partial charge is 0.494 e. The number of hydrogen-bond acceptors (Lipinski definition) is 3. The first-order chi connectivity index (χ1) is 9.88. The van der Waals surface area contributed by atoms with Crippen molar-refractivity contribution in [3.63, 3.8) is 0 Å². The zero-order valence-electron chi connectivity index (χ0n) is 12.7. The summed E-state index contributed by atoms with van der Waals surface area (Å²) in [5, 5.41) is 3.52. The van der Waals surface area contributed by atoms with E-state index in [1.807, 2.05) is 0 Å². The molecule has 0 saturated carbocycles. The highest BCUT2D eigenvalue weighted by molar-refractivity contribution is 5.27. The zero-order valence-corrected chi connectivity index (χ0v) is 12.7. The smallest absolute Gasteiger partial charge is 0.119 e. The molecular formula is C17H28N2O. The first-order valence-corrected chi connectivity index (χ1v) is 8.03. The summed E-state index contributed by atoms with van der Waals surface area (Å²) >= 11 is 0. The number of nitrogens with zero attached hydrogens (tertiary/aromatic N) is 1. The number of likely N-dealkylation sites (tertiary alicyclic amines) is 1. The normalized spacial score (nSPS) is 15.7. The zero-order chi connectivity index (χ0) is 14.0. The second-order valence-electron chi connectivity index (χ2n) is 5.57. The fraction of sp³-hybridized carbons (Fsp3) is 0.647. The predicted octanol–water partition coefficient (Wildman–Crippen LogP) is 3.05. The van der Waals surface area contributed by atoms with Crippen molar-refractivity contribution in [2.45, 2.75) is 39.2 Å². The van der Waals surface area contributed by atoms with Gasteiger partial charge in [-0.3, -0.25) is 0 Å². The van der Waals surface area contributed by atoms with Crippen molar-refractivity contribution >= 4 is 0 Å². The van der Waals surface area contributed by atoms with Gasteiger partial charge in [-0.15, -0.1) is 0 Å².